The molecule has 0 fully saturated rings. The summed E-state index contributed by atoms with van der Waals surface area (Å²) in [6, 6.07) is 8.58. The Morgan fingerprint density at radius 2 is 1.79 bits per heavy atom. The number of hydrogen-bond acceptors (Lipinski definition) is 1. The van der Waals surface area contributed by atoms with E-state index in [9.17, 15) is 0 Å². The van der Waals surface area contributed by atoms with E-state index in [4.69, 9.17) is 0 Å². The van der Waals surface area contributed by atoms with Crippen molar-refractivity contribution < 1.29 is 0 Å². The molecule has 78 valence electrons. The second-order valence-electron chi connectivity index (χ2n) is 2.64. The first-order valence-electron chi connectivity index (χ1n) is 4.67. The van der Waals surface area contributed by atoms with Crippen LogP contribution in [-0.4, -0.2) is 13.4 Å². The maximum Gasteiger partial charge on any atom is 0.0108 e. The topological polar surface area (TPSA) is 26.0 Å². The molecule has 0 saturated carbocycles. The van der Waals surface area contributed by atoms with Gasteiger partial charge in [0.1, 0.15) is 0 Å². The zero-order chi connectivity index (χ0) is 10.8. The number of rotatable bonds is 0. The van der Waals surface area contributed by atoms with Crippen molar-refractivity contribution in [3.63, 3.8) is 0 Å². The molecule has 1 aliphatic carbocycles. The van der Waals surface area contributed by atoms with Gasteiger partial charge in [0, 0.05) is 6.38 Å². The zero-order valence-corrected chi connectivity index (χ0v) is 9.59. The summed E-state index contributed by atoms with van der Waals surface area (Å²) in [6.07, 6.45) is 8.34. The number of benzene rings is 1. The average molecular weight is 212 g/mol. The average Bonchev–Trinajstić information content (AvgIpc) is 2.34. The van der Waals surface area contributed by atoms with E-state index in [1.54, 1.807) is 0 Å². The first-order chi connectivity index (χ1) is 6.97. The Morgan fingerprint density at radius 3 is 2.43 bits per heavy atom. The van der Waals surface area contributed by atoms with Crippen LogP contribution in [0.1, 0.15) is 17.5 Å². The zero-order valence-electron chi connectivity index (χ0n) is 8.83. The molecule has 0 bridgehead atoms. The van der Waals surface area contributed by atoms with Crippen LogP contribution in [0.4, 0.5) is 0 Å². The Bertz CT molecular complexity index is 269. The van der Waals surface area contributed by atoms with Crippen LogP contribution < -0.4 is 5.73 Å². The van der Waals surface area contributed by atoms with Gasteiger partial charge in [-0.2, -0.15) is 0 Å². The highest BCUT2D eigenvalue weighted by Crippen LogP contribution is 2.17. The van der Waals surface area contributed by atoms with Crippen molar-refractivity contribution in [2.75, 3.05) is 13.4 Å². The summed E-state index contributed by atoms with van der Waals surface area (Å²) < 4.78 is 0. The van der Waals surface area contributed by atoms with Crippen LogP contribution in [0.15, 0.2) is 30.3 Å². The van der Waals surface area contributed by atoms with Crippen molar-refractivity contribution in [1.29, 1.82) is 0 Å². The summed E-state index contributed by atoms with van der Waals surface area (Å²) in [6.45, 7) is 0. The second-order valence-corrected chi connectivity index (χ2v) is 2.64. The van der Waals surface area contributed by atoms with Crippen LogP contribution in [0.5, 0.6) is 0 Å². The van der Waals surface area contributed by atoms with Crippen molar-refractivity contribution >= 4 is 17.7 Å². The van der Waals surface area contributed by atoms with E-state index in [0.29, 0.717) is 0 Å². The highest BCUT2D eigenvalue weighted by atomic mass is 35.5. The van der Waals surface area contributed by atoms with Crippen LogP contribution in [0.2, 0.25) is 0 Å². The van der Waals surface area contributed by atoms with E-state index < -0.39 is 0 Å². The molecule has 1 nitrogen and oxygen atoms in total. The van der Waals surface area contributed by atoms with E-state index in [-0.39, 0.29) is 0 Å². The Kier molecular flexibility index (Phi) is 8.30. The minimum atomic E-state index is 1.21. The lowest BCUT2D eigenvalue weighted by molar-refractivity contribution is 0.986. The van der Waals surface area contributed by atoms with Crippen LogP contribution in [-0.2, 0) is 6.42 Å². The molecule has 0 unspecified atom stereocenters. The van der Waals surface area contributed by atoms with Gasteiger partial charge in [0.25, 0.3) is 0 Å². The van der Waals surface area contributed by atoms with Crippen molar-refractivity contribution in [2.24, 2.45) is 5.73 Å². The predicted molar refractivity (Wildman–Crippen MR) is 65.7 cm³/mol. The predicted octanol–water partition coefficient (Wildman–Crippen LogP) is 3.08. The Balaban J connectivity index is 0.000000379. The van der Waals surface area contributed by atoms with Gasteiger partial charge in [-0.3, -0.25) is 0 Å². The minimum Gasteiger partial charge on any atom is -0.333 e. The van der Waals surface area contributed by atoms with Crippen LogP contribution in [0.25, 0.3) is 6.08 Å². The molecular weight excluding hydrogens is 194 g/mol. The lowest BCUT2D eigenvalue weighted by atomic mass is 9.98. The van der Waals surface area contributed by atoms with Gasteiger partial charge in [0.15, 0.2) is 0 Å². The minimum absolute atomic E-state index is 1.21. The summed E-state index contributed by atoms with van der Waals surface area (Å²) in [5, 5.41) is 0. The largest absolute Gasteiger partial charge is 0.333 e. The van der Waals surface area contributed by atoms with Crippen LogP contribution in [0.3, 0.4) is 0 Å². The number of allylic oxidation sites excluding steroid dienone is 1. The molecule has 14 heavy (non-hydrogen) atoms. The summed E-state index contributed by atoms with van der Waals surface area (Å²) in [4.78, 5) is 0. The highest BCUT2D eigenvalue weighted by Gasteiger charge is 2.00. The first kappa shape index (κ1) is 13.2. The molecule has 1 aromatic rings. The number of halogens is 1. The van der Waals surface area contributed by atoms with E-state index in [1.165, 1.54) is 37.4 Å². The van der Waals surface area contributed by atoms with Gasteiger partial charge in [0.05, 0.1) is 0 Å². The van der Waals surface area contributed by atoms with Crippen molar-refractivity contribution in [2.45, 2.75) is 12.8 Å². The van der Waals surface area contributed by atoms with Crippen LogP contribution >= 0.6 is 11.6 Å². The van der Waals surface area contributed by atoms with E-state index >= 15 is 0 Å². The van der Waals surface area contributed by atoms with Crippen LogP contribution in [0, 0.1) is 0 Å². The molecule has 0 radical (unpaired) electrons. The Hall–Kier alpha value is -0.790. The van der Waals surface area contributed by atoms with Gasteiger partial charge in [-0.15, -0.1) is 11.6 Å². The van der Waals surface area contributed by atoms with E-state index in [1.807, 2.05) is 0 Å². The molecule has 0 aliphatic heterocycles. The first-order valence-corrected chi connectivity index (χ1v) is 5.42. The Labute approximate surface area is 91.6 Å². The Morgan fingerprint density at radius 1 is 1.14 bits per heavy atom. The summed E-state index contributed by atoms with van der Waals surface area (Å²) in [7, 11) is 1.50. The summed E-state index contributed by atoms with van der Waals surface area (Å²) >= 11 is 4.64. The fourth-order valence-electron chi connectivity index (χ4n) is 1.37. The number of fused-ring (bicyclic) bond motifs is 1. The molecule has 0 aromatic heterocycles. The van der Waals surface area contributed by atoms with Crippen molar-refractivity contribution in [3.05, 3.63) is 41.5 Å². The molecule has 0 heterocycles. The number of aryl methyl sites for hydroxylation is 1. The molecule has 0 amide bonds. The van der Waals surface area contributed by atoms with E-state index in [2.05, 4.69) is 53.8 Å². The molecule has 1 aliphatic rings. The lowest BCUT2D eigenvalue weighted by Gasteiger charge is -2.07. The molecule has 0 atom stereocenters. The van der Waals surface area contributed by atoms with Gasteiger partial charge in [-0.1, -0.05) is 36.4 Å². The molecular formula is C12H18ClN. The standard InChI is InChI=1S/C10H10.CH3Cl.CH5N/c1-2-6-10-8-4-3-7-9(10)5-1;2*1-2/h1-3,5-7H,4,8H2;1H3;2H2,1H3. The van der Waals surface area contributed by atoms with Gasteiger partial charge in [0.2, 0.25) is 0 Å². The molecule has 0 spiro atoms. The quantitative estimate of drug-likeness (QED) is 0.656. The molecule has 2 heteroatoms. The third-order valence-corrected chi connectivity index (χ3v) is 1.93. The third kappa shape index (κ3) is 3.95. The maximum atomic E-state index is 4.64. The number of hydrogen-bond donors (Lipinski definition) is 1. The second kappa shape index (κ2) is 8.79. The van der Waals surface area contributed by atoms with Gasteiger partial charge in [-0.25, -0.2) is 0 Å². The highest BCUT2D eigenvalue weighted by molar-refractivity contribution is 6.15. The monoisotopic (exact) mass is 211 g/mol. The lowest BCUT2D eigenvalue weighted by Crippen LogP contribution is -1.91. The van der Waals surface area contributed by atoms with E-state index in [0.717, 1.165) is 0 Å². The van der Waals surface area contributed by atoms with Gasteiger partial charge in [-0.05, 0) is 31.0 Å². The van der Waals surface area contributed by atoms with Gasteiger partial charge < -0.3 is 5.73 Å². The van der Waals surface area contributed by atoms with Crippen molar-refractivity contribution in [1.82, 2.24) is 0 Å². The fourth-order valence-corrected chi connectivity index (χ4v) is 1.37. The SMILES string of the molecule is C1=Cc2ccccc2CC1.CCl.CN. The smallest absolute Gasteiger partial charge is 0.0108 e. The summed E-state index contributed by atoms with van der Waals surface area (Å²) in [5.41, 5.74) is 7.39. The molecule has 0 saturated heterocycles. The number of nitrogens with two attached hydrogens (primary N) is 1. The van der Waals surface area contributed by atoms with Gasteiger partial charge >= 0.3 is 0 Å². The normalized spacial score (nSPS) is 11.4. The summed E-state index contributed by atoms with van der Waals surface area (Å²) in [5.74, 6) is 0. The van der Waals surface area contributed by atoms with Crippen molar-refractivity contribution in [3.8, 4) is 0 Å². The molecule has 1 aromatic carbocycles. The maximum absolute atomic E-state index is 4.64. The molecule has 2 rings (SSSR count). The number of alkyl halides is 1. The third-order valence-electron chi connectivity index (χ3n) is 1.93. The fraction of sp³-hybridized carbons (Fsp3) is 0.333. The molecule has 2 N–H and O–H groups in total.